The average Bonchev–Trinajstić information content (AvgIpc) is 2.34. The Balaban J connectivity index is 3.13. The molecule has 4 nitrogen and oxygen atoms in total. The number of hydrogen-bond acceptors (Lipinski definition) is 3. The predicted octanol–water partition coefficient (Wildman–Crippen LogP) is 2.55. The van der Waals surface area contributed by atoms with E-state index in [1.165, 1.54) is 4.31 Å². The molecule has 1 aromatic rings. The van der Waals surface area contributed by atoms with E-state index >= 15 is 0 Å². The predicted molar refractivity (Wildman–Crippen MR) is 79.6 cm³/mol. The van der Waals surface area contributed by atoms with Crippen LogP contribution in [0.4, 0.5) is 5.69 Å². The summed E-state index contributed by atoms with van der Waals surface area (Å²) in [5.74, 6) is 0.337. The highest BCUT2D eigenvalue weighted by Gasteiger charge is 2.23. The molecule has 108 valence electrons. The Hall–Kier alpha value is -1.07. The molecule has 0 saturated heterocycles. The SMILES string of the molecule is CCC(C)CN(C)S(=O)(=O)c1cc(C)c(C)c(N)c1. The van der Waals surface area contributed by atoms with Gasteiger partial charge in [-0.2, -0.15) is 0 Å². The lowest BCUT2D eigenvalue weighted by atomic mass is 10.1. The molecule has 0 radical (unpaired) electrons. The van der Waals surface area contributed by atoms with Gasteiger partial charge in [-0.25, -0.2) is 12.7 Å². The summed E-state index contributed by atoms with van der Waals surface area (Å²) in [7, 11) is -1.83. The fourth-order valence-corrected chi connectivity index (χ4v) is 3.26. The second-order valence-electron chi connectivity index (χ2n) is 5.25. The van der Waals surface area contributed by atoms with Gasteiger partial charge in [0.2, 0.25) is 10.0 Å². The number of nitrogen functional groups attached to an aromatic ring is 1. The maximum atomic E-state index is 12.5. The van der Waals surface area contributed by atoms with Gasteiger partial charge in [-0.15, -0.1) is 0 Å². The minimum absolute atomic E-state index is 0.277. The second kappa shape index (κ2) is 5.92. The molecule has 0 aliphatic rings. The van der Waals surface area contributed by atoms with E-state index in [9.17, 15) is 8.42 Å². The van der Waals surface area contributed by atoms with Crippen LogP contribution in [0, 0.1) is 19.8 Å². The number of aryl methyl sites for hydroxylation is 1. The van der Waals surface area contributed by atoms with Crippen molar-refractivity contribution in [2.24, 2.45) is 5.92 Å². The van der Waals surface area contributed by atoms with Crippen molar-refractivity contribution < 1.29 is 8.42 Å². The lowest BCUT2D eigenvalue weighted by Gasteiger charge is -2.21. The molecular formula is C14H24N2O2S. The molecule has 5 heteroatoms. The largest absolute Gasteiger partial charge is 0.398 e. The zero-order valence-corrected chi connectivity index (χ0v) is 13.2. The summed E-state index contributed by atoms with van der Waals surface area (Å²) in [5, 5.41) is 0. The van der Waals surface area contributed by atoms with Crippen molar-refractivity contribution in [3.8, 4) is 0 Å². The fourth-order valence-electron chi connectivity index (χ4n) is 1.85. The van der Waals surface area contributed by atoms with Crippen molar-refractivity contribution >= 4 is 15.7 Å². The number of hydrogen-bond donors (Lipinski definition) is 1. The van der Waals surface area contributed by atoms with Crippen molar-refractivity contribution in [2.45, 2.75) is 39.0 Å². The molecule has 1 unspecified atom stereocenters. The van der Waals surface area contributed by atoms with E-state index in [-0.39, 0.29) is 4.90 Å². The van der Waals surface area contributed by atoms with Crippen LogP contribution in [0.5, 0.6) is 0 Å². The Morgan fingerprint density at radius 3 is 2.37 bits per heavy atom. The molecule has 2 N–H and O–H groups in total. The molecule has 0 saturated carbocycles. The molecule has 1 aromatic carbocycles. The van der Waals surface area contributed by atoms with Crippen LogP contribution in [0.3, 0.4) is 0 Å². The summed E-state index contributed by atoms with van der Waals surface area (Å²) in [6.07, 6.45) is 0.953. The normalized spacial score (nSPS) is 13.8. The van der Waals surface area contributed by atoms with E-state index in [1.807, 2.05) is 20.8 Å². The van der Waals surface area contributed by atoms with E-state index in [4.69, 9.17) is 5.73 Å². The summed E-state index contributed by atoms with van der Waals surface area (Å²) in [4.78, 5) is 0.277. The van der Waals surface area contributed by atoms with Crippen LogP contribution in [0.2, 0.25) is 0 Å². The van der Waals surface area contributed by atoms with E-state index in [0.29, 0.717) is 18.2 Å². The first-order chi connectivity index (χ1) is 8.70. The van der Waals surface area contributed by atoms with Gasteiger partial charge >= 0.3 is 0 Å². The molecule has 0 bridgehead atoms. The van der Waals surface area contributed by atoms with Gasteiger partial charge in [-0.05, 0) is 43.0 Å². The number of nitrogens with zero attached hydrogens (tertiary/aromatic N) is 1. The van der Waals surface area contributed by atoms with Crippen LogP contribution in [0.25, 0.3) is 0 Å². The Morgan fingerprint density at radius 2 is 1.89 bits per heavy atom. The Kier molecular flexibility index (Phi) is 4.98. The number of anilines is 1. The van der Waals surface area contributed by atoms with Gasteiger partial charge in [0.1, 0.15) is 0 Å². The van der Waals surface area contributed by atoms with Gasteiger partial charge in [-0.3, -0.25) is 0 Å². The Bertz CT molecular complexity index is 530. The van der Waals surface area contributed by atoms with Crippen molar-refractivity contribution in [1.82, 2.24) is 4.31 Å². The van der Waals surface area contributed by atoms with Crippen LogP contribution in [0.1, 0.15) is 31.4 Å². The zero-order chi connectivity index (χ0) is 14.8. The van der Waals surface area contributed by atoms with E-state index in [0.717, 1.165) is 17.5 Å². The molecule has 1 rings (SSSR count). The van der Waals surface area contributed by atoms with Crippen molar-refractivity contribution in [3.05, 3.63) is 23.3 Å². The number of sulfonamides is 1. The molecule has 0 fully saturated rings. The quantitative estimate of drug-likeness (QED) is 0.845. The molecule has 0 aromatic heterocycles. The number of nitrogens with two attached hydrogens (primary N) is 1. The molecular weight excluding hydrogens is 260 g/mol. The zero-order valence-electron chi connectivity index (χ0n) is 12.4. The first-order valence-electron chi connectivity index (χ1n) is 6.53. The van der Waals surface area contributed by atoms with Gasteiger partial charge in [0.05, 0.1) is 4.90 Å². The van der Waals surface area contributed by atoms with E-state index in [2.05, 4.69) is 6.92 Å². The van der Waals surface area contributed by atoms with Crippen molar-refractivity contribution in [3.63, 3.8) is 0 Å². The summed E-state index contributed by atoms with van der Waals surface area (Å²) in [6, 6.07) is 3.24. The summed E-state index contributed by atoms with van der Waals surface area (Å²) in [6.45, 7) is 8.38. The van der Waals surface area contributed by atoms with Crippen LogP contribution in [0.15, 0.2) is 17.0 Å². The smallest absolute Gasteiger partial charge is 0.242 e. The lowest BCUT2D eigenvalue weighted by molar-refractivity contribution is 0.393. The highest BCUT2D eigenvalue weighted by Crippen LogP contribution is 2.24. The van der Waals surface area contributed by atoms with Crippen LogP contribution in [-0.4, -0.2) is 26.3 Å². The topological polar surface area (TPSA) is 63.4 Å². The molecule has 0 spiro atoms. The third-order valence-electron chi connectivity index (χ3n) is 3.65. The maximum Gasteiger partial charge on any atom is 0.242 e. The highest BCUT2D eigenvalue weighted by molar-refractivity contribution is 7.89. The van der Waals surface area contributed by atoms with Crippen LogP contribution >= 0.6 is 0 Å². The molecule has 0 aliphatic heterocycles. The summed E-state index contributed by atoms with van der Waals surface area (Å²) in [5.41, 5.74) is 8.22. The lowest BCUT2D eigenvalue weighted by Crippen LogP contribution is -2.31. The molecule has 0 heterocycles. The monoisotopic (exact) mass is 284 g/mol. The first-order valence-corrected chi connectivity index (χ1v) is 7.97. The summed E-state index contributed by atoms with van der Waals surface area (Å²) < 4.78 is 26.3. The van der Waals surface area contributed by atoms with Gasteiger partial charge < -0.3 is 5.73 Å². The standard InChI is InChI=1S/C14H24N2O2S/c1-6-10(2)9-16(5)19(17,18)13-7-11(3)12(4)14(15)8-13/h7-8,10H,6,9,15H2,1-5H3. The Labute approximate surface area is 116 Å². The van der Waals surface area contributed by atoms with E-state index in [1.54, 1.807) is 19.2 Å². The molecule has 0 amide bonds. The van der Waals surface area contributed by atoms with Gasteiger partial charge in [0, 0.05) is 19.3 Å². The van der Waals surface area contributed by atoms with Gasteiger partial charge in [0.15, 0.2) is 0 Å². The maximum absolute atomic E-state index is 12.5. The van der Waals surface area contributed by atoms with E-state index < -0.39 is 10.0 Å². The molecule has 1 atom stereocenters. The van der Waals surface area contributed by atoms with Crippen molar-refractivity contribution in [2.75, 3.05) is 19.3 Å². The minimum atomic E-state index is -3.45. The highest BCUT2D eigenvalue weighted by atomic mass is 32.2. The average molecular weight is 284 g/mol. The number of rotatable bonds is 5. The first kappa shape index (κ1) is 16.0. The van der Waals surface area contributed by atoms with Gasteiger partial charge in [-0.1, -0.05) is 20.3 Å². The third-order valence-corrected chi connectivity index (χ3v) is 5.46. The third kappa shape index (κ3) is 3.48. The molecule has 0 aliphatic carbocycles. The minimum Gasteiger partial charge on any atom is -0.398 e. The van der Waals surface area contributed by atoms with Gasteiger partial charge in [0.25, 0.3) is 0 Å². The second-order valence-corrected chi connectivity index (χ2v) is 7.30. The molecule has 19 heavy (non-hydrogen) atoms. The Morgan fingerprint density at radius 1 is 1.32 bits per heavy atom. The van der Waals surface area contributed by atoms with Crippen LogP contribution in [-0.2, 0) is 10.0 Å². The fraction of sp³-hybridized carbons (Fsp3) is 0.571. The summed E-state index contributed by atoms with van der Waals surface area (Å²) >= 11 is 0. The van der Waals surface area contributed by atoms with Crippen LogP contribution < -0.4 is 5.73 Å². The van der Waals surface area contributed by atoms with Crippen molar-refractivity contribution in [1.29, 1.82) is 0 Å². The number of benzene rings is 1.